The van der Waals surface area contributed by atoms with Gasteiger partial charge in [-0.05, 0) is 42.8 Å². The smallest absolute Gasteiger partial charge is 0.358 e. The molecule has 0 aliphatic rings. The van der Waals surface area contributed by atoms with Crippen LogP contribution < -0.4 is 10.5 Å². The standard InChI is InChI=1S/C20H21N3O3.ClH/c1-3-26-20(24)18-12-19(15-6-4-14(13-21)5-7-15)23(22-18)16-8-10-17(25-2)11-9-16;/h4-12H,3,13,21H2,1-2H3;1H. The maximum atomic E-state index is 12.1. The first kappa shape index (κ1) is 20.5. The van der Waals surface area contributed by atoms with Crippen molar-refractivity contribution in [3.63, 3.8) is 0 Å². The molecule has 1 aromatic heterocycles. The van der Waals surface area contributed by atoms with Crippen molar-refractivity contribution in [1.29, 1.82) is 0 Å². The van der Waals surface area contributed by atoms with Crippen LogP contribution in [0.1, 0.15) is 23.0 Å². The van der Waals surface area contributed by atoms with Gasteiger partial charge in [0.05, 0.1) is 25.1 Å². The Kier molecular flexibility index (Phi) is 6.98. The molecule has 0 unspecified atom stereocenters. The lowest BCUT2D eigenvalue weighted by Crippen LogP contribution is -2.06. The Labute approximate surface area is 164 Å². The monoisotopic (exact) mass is 387 g/mol. The van der Waals surface area contributed by atoms with Crippen LogP contribution >= 0.6 is 12.4 Å². The average molecular weight is 388 g/mol. The van der Waals surface area contributed by atoms with Crippen molar-refractivity contribution in [2.45, 2.75) is 13.5 Å². The molecule has 1 heterocycles. The molecule has 142 valence electrons. The molecule has 6 nitrogen and oxygen atoms in total. The topological polar surface area (TPSA) is 79.4 Å². The van der Waals surface area contributed by atoms with Crippen molar-refractivity contribution in [1.82, 2.24) is 9.78 Å². The number of ether oxygens (including phenoxy) is 2. The van der Waals surface area contributed by atoms with Gasteiger partial charge < -0.3 is 15.2 Å². The van der Waals surface area contributed by atoms with E-state index in [2.05, 4.69) is 5.10 Å². The van der Waals surface area contributed by atoms with Gasteiger partial charge in [0.2, 0.25) is 0 Å². The maximum absolute atomic E-state index is 12.1. The van der Waals surface area contributed by atoms with Gasteiger partial charge in [-0.1, -0.05) is 24.3 Å². The van der Waals surface area contributed by atoms with Gasteiger partial charge in [-0.15, -0.1) is 12.4 Å². The first-order valence-corrected chi connectivity index (χ1v) is 8.37. The summed E-state index contributed by atoms with van der Waals surface area (Å²) in [5, 5.41) is 4.45. The number of rotatable bonds is 6. The highest BCUT2D eigenvalue weighted by Gasteiger charge is 2.17. The number of hydrogen-bond acceptors (Lipinski definition) is 5. The Balaban J connectivity index is 0.00000261. The zero-order chi connectivity index (χ0) is 18.5. The minimum atomic E-state index is -0.445. The molecular weight excluding hydrogens is 366 g/mol. The number of hydrogen-bond donors (Lipinski definition) is 1. The summed E-state index contributed by atoms with van der Waals surface area (Å²) in [5.74, 6) is 0.306. The van der Waals surface area contributed by atoms with Gasteiger partial charge in [0.1, 0.15) is 5.75 Å². The van der Waals surface area contributed by atoms with Crippen molar-refractivity contribution in [2.75, 3.05) is 13.7 Å². The third-order valence-corrected chi connectivity index (χ3v) is 4.00. The summed E-state index contributed by atoms with van der Waals surface area (Å²) < 4.78 is 12.0. The van der Waals surface area contributed by atoms with Crippen molar-refractivity contribution < 1.29 is 14.3 Å². The third-order valence-electron chi connectivity index (χ3n) is 4.00. The predicted octanol–water partition coefficient (Wildman–Crippen LogP) is 3.61. The Morgan fingerprint density at radius 2 is 1.78 bits per heavy atom. The first-order chi connectivity index (χ1) is 12.7. The summed E-state index contributed by atoms with van der Waals surface area (Å²) in [6.07, 6.45) is 0. The molecule has 0 fully saturated rings. The second-order valence-corrected chi connectivity index (χ2v) is 5.65. The zero-order valence-electron chi connectivity index (χ0n) is 15.2. The number of methoxy groups -OCH3 is 1. The number of carbonyl (C=O) groups excluding carboxylic acids is 1. The van der Waals surface area contributed by atoms with E-state index in [0.29, 0.717) is 13.2 Å². The molecule has 0 aliphatic heterocycles. The van der Waals surface area contributed by atoms with E-state index in [9.17, 15) is 4.79 Å². The molecule has 7 heteroatoms. The third kappa shape index (κ3) is 4.48. The van der Waals surface area contributed by atoms with E-state index in [4.69, 9.17) is 15.2 Å². The molecule has 2 aromatic carbocycles. The van der Waals surface area contributed by atoms with E-state index in [-0.39, 0.29) is 18.1 Å². The molecule has 0 saturated carbocycles. The molecule has 3 rings (SSSR count). The van der Waals surface area contributed by atoms with Crippen LogP contribution in [0, 0.1) is 0 Å². The van der Waals surface area contributed by atoms with Crippen LogP contribution in [0.2, 0.25) is 0 Å². The summed E-state index contributed by atoms with van der Waals surface area (Å²) in [6.45, 7) is 2.55. The van der Waals surface area contributed by atoms with Crippen molar-refractivity contribution in [2.24, 2.45) is 5.73 Å². The Morgan fingerprint density at radius 1 is 1.11 bits per heavy atom. The van der Waals surface area contributed by atoms with E-state index >= 15 is 0 Å². The van der Waals surface area contributed by atoms with Crippen LogP contribution in [0.15, 0.2) is 54.6 Å². The summed E-state index contributed by atoms with van der Waals surface area (Å²) in [6, 6.07) is 17.1. The quantitative estimate of drug-likeness (QED) is 0.653. The zero-order valence-corrected chi connectivity index (χ0v) is 16.0. The number of nitrogens with zero attached hydrogens (tertiary/aromatic N) is 2. The van der Waals surface area contributed by atoms with E-state index < -0.39 is 5.97 Å². The fourth-order valence-electron chi connectivity index (χ4n) is 2.62. The van der Waals surface area contributed by atoms with Gasteiger partial charge in [0.15, 0.2) is 5.69 Å². The highest BCUT2D eigenvalue weighted by Crippen LogP contribution is 2.26. The van der Waals surface area contributed by atoms with Crippen LogP contribution in [0.3, 0.4) is 0 Å². The molecule has 0 aliphatic carbocycles. The first-order valence-electron chi connectivity index (χ1n) is 8.37. The summed E-state index contributed by atoms with van der Waals surface area (Å²) in [7, 11) is 1.62. The van der Waals surface area contributed by atoms with Gasteiger partial charge in [-0.2, -0.15) is 5.10 Å². The lowest BCUT2D eigenvalue weighted by atomic mass is 10.1. The van der Waals surface area contributed by atoms with Crippen molar-refractivity contribution in [3.8, 4) is 22.7 Å². The van der Waals surface area contributed by atoms with E-state index in [1.807, 2.05) is 48.5 Å². The van der Waals surface area contributed by atoms with E-state index in [1.165, 1.54) is 0 Å². The average Bonchev–Trinajstić information content (AvgIpc) is 3.14. The van der Waals surface area contributed by atoms with Crippen LogP contribution in [-0.2, 0) is 11.3 Å². The molecule has 0 atom stereocenters. The number of halogens is 1. The van der Waals surface area contributed by atoms with Crippen LogP contribution in [-0.4, -0.2) is 29.5 Å². The van der Waals surface area contributed by atoms with Crippen molar-refractivity contribution in [3.05, 3.63) is 65.9 Å². The van der Waals surface area contributed by atoms with Gasteiger partial charge in [-0.25, -0.2) is 9.48 Å². The van der Waals surface area contributed by atoms with Crippen LogP contribution in [0.5, 0.6) is 5.75 Å². The second kappa shape index (κ2) is 9.21. The fourth-order valence-corrected chi connectivity index (χ4v) is 2.62. The Bertz CT molecular complexity index is 825. The molecule has 0 radical (unpaired) electrons. The summed E-state index contributed by atoms with van der Waals surface area (Å²) in [5.41, 5.74) is 9.52. The molecular formula is C20H22ClN3O3. The predicted molar refractivity (Wildman–Crippen MR) is 107 cm³/mol. The van der Waals surface area contributed by atoms with Gasteiger partial charge in [0.25, 0.3) is 0 Å². The second-order valence-electron chi connectivity index (χ2n) is 5.65. The molecule has 0 bridgehead atoms. The largest absolute Gasteiger partial charge is 0.497 e. The fraction of sp³-hybridized carbons (Fsp3) is 0.200. The highest BCUT2D eigenvalue weighted by atomic mass is 35.5. The molecule has 0 amide bonds. The highest BCUT2D eigenvalue weighted by molar-refractivity contribution is 5.89. The SMILES string of the molecule is CCOC(=O)c1cc(-c2ccc(CN)cc2)n(-c2ccc(OC)cc2)n1.Cl. The molecule has 0 saturated heterocycles. The normalized spacial score (nSPS) is 10.2. The van der Waals surface area contributed by atoms with Gasteiger partial charge >= 0.3 is 5.97 Å². The Morgan fingerprint density at radius 3 is 2.33 bits per heavy atom. The molecule has 27 heavy (non-hydrogen) atoms. The molecule has 0 spiro atoms. The van der Waals surface area contributed by atoms with Crippen LogP contribution in [0.25, 0.3) is 16.9 Å². The lowest BCUT2D eigenvalue weighted by Gasteiger charge is -2.09. The maximum Gasteiger partial charge on any atom is 0.358 e. The summed E-state index contributed by atoms with van der Waals surface area (Å²) >= 11 is 0. The summed E-state index contributed by atoms with van der Waals surface area (Å²) in [4.78, 5) is 12.1. The van der Waals surface area contributed by atoms with Gasteiger partial charge in [0, 0.05) is 12.1 Å². The number of esters is 1. The number of aromatic nitrogens is 2. The molecule has 3 aromatic rings. The van der Waals surface area contributed by atoms with Gasteiger partial charge in [-0.3, -0.25) is 0 Å². The Hall–Kier alpha value is -2.83. The van der Waals surface area contributed by atoms with Crippen molar-refractivity contribution >= 4 is 18.4 Å². The molecule has 2 N–H and O–H groups in total. The van der Waals surface area contributed by atoms with E-state index in [1.54, 1.807) is 24.8 Å². The minimum Gasteiger partial charge on any atom is -0.497 e. The van der Waals surface area contributed by atoms with Crippen LogP contribution in [0.4, 0.5) is 0 Å². The van der Waals surface area contributed by atoms with E-state index in [0.717, 1.165) is 28.3 Å². The number of nitrogens with two attached hydrogens (primary N) is 1. The number of benzene rings is 2. The number of carbonyl (C=O) groups is 1. The lowest BCUT2D eigenvalue weighted by molar-refractivity contribution is 0.0519. The minimum absolute atomic E-state index is 0.